The highest BCUT2D eigenvalue weighted by atomic mass is 16.4. The minimum atomic E-state index is -0.896. The predicted molar refractivity (Wildman–Crippen MR) is 250 cm³/mol. The lowest BCUT2D eigenvalue weighted by Crippen LogP contribution is -2.17. The molecule has 0 saturated heterocycles. The maximum atomic E-state index is 14.0. The standard InChI is InChI=1S/C57H58O2/c1-34-18-12-19-35(2)51(34)45-26-16-27-46(52-36(3)20-13-21-37(52)4)49(45)32-42-30-44(57(9,10)11)31-43(55(42)56(58)59)33-50-47(53-38(5)22-14-23-39(53)6)28-17-29-48(50)54-40(7)24-15-25-41(54)8/h12-31H,32-33H2,1-11H3,(H,58,59). The first-order valence-electron chi connectivity index (χ1n) is 21.0. The van der Waals surface area contributed by atoms with Crippen LogP contribution in [0.4, 0.5) is 0 Å². The summed E-state index contributed by atoms with van der Waals surface area (Å²) in [5, 5.41) is 11.5. The minimum absolute atomic E-state index is 0.232. The molecule has 298 valence electrons. The number of aryl methyl sites for hydroxylation is 8. The topological polar surface area (TPSA) is 37.3 Å². The fourth-order valence-electron chi connectivity index (χ4n) is 9.58. The Kier molecular flexibility index (Phi) is 11.4. The summed E-state index contributed by atoms with van der Waals surface area (Å²) < 4.78 is 0. The van der Waals surface area contributed by atoms with E-state index >= 15 is 0 Å². The van der Waals surface area contributed by atoms with Gasteiger partial charge in [-0.1, -0.05) is 142 Å². The van der Waals surface area contributed by atoms with E-state index in [1.54, 1.807) is 0 Å². The van der Waals surface area contributed by atoms with Crippen LogP contribution >= 0.6 is 0 Å². The molecule has 0 bridgehead atoms. The van der Waals surface area contributed by atoms with Gasteiger partial charge in [-0.3, -0.25) is 0 Å². The van der Waals surface area contributed by atoms with Crippen LogP contribution in [0.5, 0.6) is 0 Å². The van der Waals surface area contributed by atoms with Crippen LogP contribution in [-0.4, -0.2) is 11.1 Å². The maximum absolute atomic E-state index is 14.0. The average molecular weight is 775 g/mol. The van der Waals surface area contributed by atoms with Crippen LogP contribution in [0.3, 0.4) is 0 Å². The molecule has 0 fully saturated rings. The Balaban J connectivity index is 1.55. The fraction of sp³-hybridized carbons (Fsp3) is 0.246. The molecule has 0 unspecified atom stereocenters. The van der Waals surface area contributed by atoms with Gasteiger partial charge in [-0.2, -0.15) is 0 Å². The molecule has 1 N–H and O–H groups in total. The highest BCUT2D eigenvalue weighted by Gasteiger charge is 2.27. The van der Waals surface area contributed by atoms with Crippen LogP contribution in [0.25, 0.3) is 44.5 Å². The summed E-state index contributed by atoms with van der Waals surface area (Å²) in [7, 11) is 0. The van der Waals surface area contributed by atoms with Crippen LogP contribution < -0.4 is 0 Å². The molecule has 7 rings (SSSR count). The van der Waals surface area contributed by atoms with Gasteiger partial charge in [-0.15, -0.1) is 0 Å². The molecular weight excluding hydrogens is 717 g/mol. The molecule has 0 heterocycles. The molecule has 2 nitrogen and oxygen atoms in total. The van der Waals surface area contributed by atoms with E-state index in [4.69, 9.17) is 0 Å². The largest absolute Gasteiger partial charge is 0.478 e. The van der Waals surface area contributed by atoms with E-state index in [1.165, 1.54) is 66.8 Å². The first-order chi connectivity index (χ1) is 28.1. The van der Waals surface area contributed by atoms with Crippen molar-refractivity contribution in [3.05, 3.63) is 199 Å². The number of carbonyl (C=O) groups is 1. The monoisotopic (exact) mass is 774 g/mol. The SMILES string of the molecule is Cc1cccc(C)c1-c1cccc(-c2c(C)cccc2C)c1Cc1cc(C(C)(C)C)cc(Cc2c(-c3c(C)cccc3C)cccc2-c2c(C)cccc2C)c1C(=O)O. The van der Waals surface area contributed by atoms with Crippen molar-refractivity contribution in [1.82, 2.24) is 0 Å². The van der Waals surface area contributed by atoms with Crippen molar-refractivity contribution in [3.63, 3.8) is 0 Å². The summed E-state index contributed by atoms with van der Waals surface area (Å²) >= 11 is 0. The van der Waals surface area contributed by atoms with Crippen molar-refractivity contribution >= 4 is 5.97 Å². The number of hydrogen-bond donors (Lipinski definition) is 1. The number of rotatable bonds is 9. The number of aromatic carboxylic acids is 1. The Morgan fingerprint density at radius 2 is 0.661 bits per heavy atom. The van der Waals surface area contributed by atoms with Crippen molar-refractivity contribution in [2.24, 2.45) is 0 Å². The Morgan fingerprint density at radius 3 is 0.881 bits per heavy atom. The lowest BCUT2D eigenvalue weighted by molar-refractivity contribution is 0.0694. The second-order valence-corrected chi connectivity index (χ2v) is 17.8. The van der Waals surface area contributed by atoms with Gasteiger partial charge in [-0.05, 0) is 190 Å². The molecule has 7 aromatic rings. The highest BCUT2D eigenvalue weighted by Crippen LogP contribution is 2.43. The number of hydrogen-bond acceptors (Lipinski definition) is 1. The molecule has 0 saturated carbocycles. The Hall–Kier alpha value is -5.99. The smallest absolute Gasteiger partial charge is 0.336 e. The third-order valence-corrected chi connectivity index (χ3v) is 12.5. The fourth-order valence-corrected chi connectivity index (χ4v) is 9.58. The van der Waals surface area contributed by atoms with Crippen LogP contribution in [0.1, 0.15) is 103 Å². The zero-order valence-electron chi connectivity index (χ0n) is 36.8. The van der Waals surface area contributed by atoms with Gasteiger partial charge >= 0.3 is 5.97 Å². The first-order valence-corrected chi connectivity index (χ1v) is 21.0. The van der Waals surface area contributed by atoms with Crippen LogP contribution in [0.15, 0.2) is 121 Å². The summed E-state index contributed by atoms with van der Waals surface area (Å²) in [5.74, 6) is -0.896. The number of carboxylic acid groups (broad SMARTS) is 1. The lowest BCUT2D eigenvalue weighted by atomic mass is 9.78. The van der Waals surface area contributed by atoms with Crippen LogP contribution in [0.2, 0.25) is 0 Å². The summed E-state index contributed by atoms with van der Waals surface area (Å²) in [6, 6.07) is 43.6. The summed E-state index contributed by atoms with van der Waals surface area (Å²) in [5.41, 5.74) is 24.3. The highest BCUT2D eigenvalue weighted by molar-refractivity contribution is 5.93. The summed E-state index contributed by atoms with van der Waals surface area (Å²) in [4.78, 5) is 14.0. The van der Waals surface area contributed by atoms with E-state index in [-0.39, 0.29) is 5.41 Å². The molecule has 0 atom stereocenters. The molecule has 0 aliphatic carbocycles. The van der Waals surface area contributed by atoms with Crippen LogP contribution in [0, 0.1) is 55.4 Å². The van der Waals surface area contributed by atoms with Gasteiger partial charge < -0.3 is 5.11 Å². The number of carboxylic acids is 1. The van der Waals surface area contributed by atoms with E-state index in [0.717, 1.165) is 50.1 Å². The predicted octanol–water partition coefficient (Wildman–Crippen LogP) is 15.0. The average Bonchev–Trinajstić information content (AvgIpc) is 3.16. The van der Waals surface area contributed by atoms with Gasteiger partial charge in [0.05, 0.1) is 5.56 Å². The van der Waals surface area contributed by atoms with Crippen molar-refractivity contribution in [2.75, 3.05) is 0 Å². The molecule has 0 aliphatic rings. The van der Waals surface area contributed by atoms with Gasteiger partial charge in [0.1, 0.15) is 0 Å². The summed E-state index contributed by atoms with van der Waals surface area (Å²) in [6.07, 6.45) is 0.932. The lowest BCUT2D eigenvalue weighted by Gasteiger charge is -2.26. The number of benzene rings is 7. The minimum Gasteiger partial charge on any atom is -0.478 e. The summed E-state index contributed by atoms with van der Waals surface area (Å²) in [6.45, 7) is 24.1. The van der Waals surface area contributed by atoms with Gasteiger partial charge in [-0.25, -0.2) is 4.79 Å². The second-order valence-electron chi connectivity index (χ2n) is 17.8. The van der Waals surface area contributed by atoms with E-state index in [9.17, 15) is 9.90 Å². The zero-order valence-corrected chi connectivity index (χ0v) is 36.8. The Morgan fingerprint density at radius 1 is 0.424 bits per heavy atom. The molecule has 0 radical (unpaired) electrons. The van der Waals surface area contributed by atoms with Gasteiger partial charge in [0, 0.05) is 0 Å². The molecule has 59 heavy (non-hydrogen) atoms. The van der Waals surface area contributed by atoms with E-state index in [0.29, 0.717) is 18.4 Å². The molecule has 0 aromatic heterocycles. The second kappa shape index (κ2) is 16.3. The van der Waals surface area contributed by atoms with Crippen molar-refractivity contribution < 1.29 is 9.90 Å². The van der Waals surface area contributed by atoms with Gasteiger partial charge in [0.2, 0.25) is 0 Å². The molecular formula is C57H58O2. The van der Waals surface area contributed by atoms with Crippen molar-refractivity contribution in [1.29, 1.82) is 0 Å². The van der Waals surface area contributed by atoms with E-state index < -0.39 is 5.97 Å². The Labute approximate surface area is 352 Å². The molecule has 2 heteroatoms. The van der Waals surface area contributed by atoms with Gasteiger partial charge in [0.15, 0.2) is 0 Å². The van der Waals surface area contributed by atoms with Crippen LogP contribution in [-0.2, 0) is 18.3 Å². The normalized spacial score (nSPS) is 11.6. The van der Waals surface area contributed by atoms with Crippen molar-refractivity contribution in [3.8, 4) is 44.5 Å². The quantitative estimate of drug-likeness (QED) is 0.159. The van der Waals surface area contributed by atoms with Crippen molar-refractivity contribution in [2.45, 2.75) is 94.4 Å². The Bertz CT molecular complexity index is 2360. The zero-order chi connectivity index (χ0) is 42.3. The first kappa shape index (κ1) is 41.2. The molecule has 0 aliphatic heterocycles. The molecule has 0 amide bonds. The molecule has 0 spiro atoms. The van der Waals surface area contributed by atoms with E-state index in [2.05, 4.69) is 197 Å². The van der Waals surface area contributed by atoms with Gasteiger partial charge in [0.25, 0.3) is 0 Å². The molecule has 7 aromatic carbocycles. The third-order valence-electron chi connectivity index (χ3n) is 12.5. The van der Waals surface area contributed by atoms with E-state index in [1.807, 2.05) is 0 Å². The maximum Gasteiger partial charge on any atom is 0.336 e. The third kappa shape index (κ3) is 7.94.